The molecule has 0 atom stereocenters. The zero-order chi connectivity index (χ0) is 19.0. The number of pyridine rings is 1. The maximum Gasteiger partial charge on any atom is 0.123 e. The lowest BCUT2D eigenvalue weighted by Gasteiger charge is -2.12. The number of hydrogen-bond acceptors (Lipinski definition) is 2. The average Bonchev–Trinajstić information content (AvgIpc) is 2.94. The van der Waals surface area contributed by atoms with Gasteiger partial charge in [0.1, 0.15) is 11.6 Å². The molecule has 0 spiro atoms. The summed E-state index contributed by atoms with van der Waals surface area (Å²) in [6, 6.07) is 16.7. The molecule has 0 aliphatic heterocycles. The molecule has 144 valence electrons. The molecule has 2 heterocycles. The Bertz CT molecular complexity index is 1100. The average molecular weight is 397 g/mol. The van der Waals surface area contributed by atoms with Crippen LogP contribution in [0.1, 0.15) is 16.8 Å². The van der Waals surface area contributed by atoms with E-state index in [-0.39, 0.29) is 18.2 Å². The standard InChI is InChI=1S/C23H21FN2O.ClH/c1-15-16(2)26(14-17-4-10-20(27-3)11-5-17)23-21(15)12-13-25-22(23)18-6-8-19(24)9-7-18;/h4-13H,14H2,1-3H3;1H. The van der Waals surface area contributed by atoms with Gasteiger partial charge in [0.15, 0.2) is 0 Å². The molecule has 28 heavy (non-hydrogen) atoms. The molecule has 0 aliphatic rings. The summed E-state index contributed by atoms with van der Waals surface area (Å²) in [5.41, 5.74) is 6.49. The minimum atomic E-state index is -0.244. The van der Waals surface area contributed by atoms with E-state index in [1.807, 2.05) is 18.3 Å². The fourth-order valence-electron chi connectivity index (χ4n) is 3.53. The molecular weight excluding hydrogens is 375 g/mol. The molecule has 0 aliphatic carbocycles. The number of benzene rings is 2. The van der Waals surface area contributed by atoms with Crippen molar-refractivity contribution in [2.45, 2.75) is 20.4 Å². The highest BCUT2D eigenvalue weighted by atomic mass is 35.5. The van der Waals surface area contributed by atoms with Gasteiger partial charge in [0.05, 0.1) is 18.3 Å². The Kier molecular flexibility index (Phi) is 5.71. The number of fused-ring (bicyclic) bond motifs is 1. The zero-order valence-electron chi connectivity index (χ0n) is 16.1. The first-order valence-corrected chi connectivity index (χ1v) is 8.91. The molecule has 4 rings (SSSR count). The van der Waals surface area contributed by atoms with Crippen LogP contribution in [0, 0.1) is 19.7 Å². The smallest absolute Gasteiger partial charge is 0.123 e. The van der Waals surface area contributed by atoms with Crippen molar-refractivity contribution in [3.8, 4) is 17.0 Å². The second-order valence-electron chi connectivity index (χ2n) is 6.71. The van der Waals surface area contributed by atoms with Crippen LogP contribution >= 0.6 is 12.4 Å². The Labute approximate surface area is 170 Å². The highest BCUT2D eigenvalue weighted by Gasteiger charge is 2.16. The minimum absolute atomic E-state index is 0. The zero-order valence-corrected chi connectivity index (χ0v) is 16.9. The van der Waals surface area contributed by atoms with Gasteiger partial charge in [0.25, 0.3) is 0 Å². The Morgan fingerprint density at radius 2 is 1.64 bits per heavy atom. The number of aryl methyl sites for hydroxylation is 1. The first kappa shape index (κ1) is 19.9. The molecular formula is C23H22ClFN2O. The largest absolute Gasteiger partial charge is 0.497 e. The van der Waals surface area contributed by atoms with Crippen molar-refractivity contribution in [3.63, 3.8) is 0 Å². The second kappa shape index (κ2) is 8.03. The van der Waals surface area contributed by atoms with Crippen LogP contribution in [0.3, 0.4) is 0 Å². The first-order chi connectivity index (χ1) is 13.1. The highest BCUT2D eigenvalue weighted by molar-refractivity contribution is 5.95. The van der Waals surface area contributed by atoms with Crippen molar-refractivity contribution in [2.24, 2.45) is 0 Å². The van der Waals surface area contributed by atoms with Gasteiger partial charge in [0, 0.05) is 29.4 Å². The van der Waals surface area contributed by atoms with Gasteiger partial charge < -0.3 is 9.30 Å². The van der Waals surface area contributed by atoms with Gasteiger partial charge in [-0.25, -0.2) is 4.39 Å². The molecule has 3 nitrogen and oxygen atoms in total. The normalized spacial score (nSPS) is 10.7. The fourth-order valence-corrected chi connectivity index (χ4v) is 3.53. The van der Waals surface area contributed by atoms with Crippen LogP contribution in [0.2, 0.25) is 0 Å². The topological polar surface area (TPSA) is 27.1 Å². The van der Waals surface area contributed by atoms with Crippen molar-refractivity contribution in [2.75, 3.05) is 7.11 Å². The van der Waals surface area contributed by atoms with E-state index in [4.69, 9.17) is 4.74 Å². The van der Waals surface area contributed by atoms with E-state index in [9.17, 15) is 4.39 Å². The molecule has 4 aromatic rings. The maximum absolute atomic E-state index is 13.4. The molecule has 0 saturated heterocycles. The van der Waals surface area contributed by atoms with Crippen LogP contribution in [-0.4, -0.2) is 16.7 Å². The molecule has 0 unspecified atom stereocenters. The number of nitrogens with zero attached hydrogens (tertiary/aromatic N) is 2. The van der Waals surface area contributed by atoms with Gasteiger partial charge in [-0.1, -0.05) is 12.1 Å². The number of hydrogen-bond donors (Lipinski definition) is 0. The molecule has 5 heteroatoms. The van der Waals surface area contributed by atoms with E-state index in [0.29, 0.717) is 0 Å². The van der Waals surface area contributed by atoms with E-state index in [1.54, 1.807) is 19.2 Å². The first-order valence-electron chi connectivity index (χ1n) is 8.91. The summed E-state index contributed by atoms with van der Waals surface area (Å²) < 4.78 is 20.9. The lowest BCUT2D eigenvalue weighted by atomic mass is 10.1. The molecule has 0 radical (unpaired) electrons. The third-order valence-corrected chi connectivity index (χ3v) is 5.16. The van der Waals surface area contributed by atoms with Gasteiger partial charge >= 0.3 is 0 Å². The molecule has 0 bridgehead atoms. The molecule has 2 aromatic heterocycles. The Balaban J connectivity index is 0.00000225. The monoisotopic (exact) mass is 396 g/mol. The molecule has 2 aromatic carbocycles. The van der Waals surface area contributed by atoms with E-state index >= 15 is 0 Å². The van der Waals surface area contributed by atoms with E-state index < -0.39 is 0 Å². The summed E-state index contributed by atoms with van der Waals surface area (Å²) in [5.74, 6) is 0.601. The van der Waals surface area contributed by atoms with Crippen molar-refractivity contribution >= 4 is 23.3 Å². The summed E-state index contributed by atoms with van der Waals surface area (Å²) in [6.07, 6.45) is 1.82. The van der Waals surface area contributed by atoms with E-state index in [0.717, 1.165) is 29.1 Å². The van der Waals surface area contributed by atoms with Crippen molar-refractivity contribution in [1.29, 1.82) is 0 Å². The van der Waals surface area contributed by atoms with Gasteiger partial charge in [-0.3, -0.25) is 4.98 Å². The van der Waals surface area contributed by atoms with Crippen LogP contribution in [0.15, 0.2) is 60.8 Å². The highest BCUT2D eigenvalue weighted by Crippen LogP contribution is 2.33. The summed E-state index contributed by atoms with van der Waals surface area (Å²) in [7, 11) is 1.67. The molecule has 0 N–H and O–H groups in total. The number of ether oxygens (including phenoxy) is 1. The third-order valence-electron chi connectivity index (χ3n) is 5.16. The van der Waals surface area contributed by atoms with Gasteiger partial charge in [0.2, 0.25) is 0 Å². The molecule has 0 amide bonds. The predicted octanol–water partition coefficient (Wildman–Crippen LogP) is 5.94. The van der Waals surface area contributed by atoms with Crippen molar-refractivity contribution in [1.82, 2.24) is 9.55 Å². The number of rotatable bonds is 4. The summed E-state index contributed by atoms with van der Waals surface area (Å²) in [5, 5.41) is 1.18. The Morgan fingerprint density at radius 1 is 0.964 bits per heavy atom. The van der Waals surface area contributed by atoms with Crippen LogP contribution in [0.4, 0.5) is 4.39 Å². The van der Waals surface area contributed by atoms with Crippen LogP contribution in [-0.2, 0) is 6.54 Å². The maximum atomic E-state index is 13.4. The van der Waals surface area contributed by atoms with Crippen LogP contribution in [0.25, 0.3) is 22.2 Å². The number of halogens is 2. The third kappa shape index (κ3) is 3.48. The predicted molar refractivity (Wildman–Crippen MR) is 114 cm³/mol. The van der Waals surface area contributed by atoms with Crippen LogP contribution < -0.4 is 4.74 Å². The molecule has 0 saturated carbocycles. The van der Waals surface area contributed by atoms with Crippen LogP contribution in [0.5, 0.6) is 5.75 Å². The fraction of sp³-hybridized carbons (Fsp3) is 0.174. The number of methoxy groups -OCH3 is 1. The minimum Gasteiger partial charge on any atom is -0.497 e. The van der Waals surface area contributed by atoms with E-state index in [2.05, 4.69) is 41.6 Å². The summed E-state index contributed by atoms with van der Waals surface area (Å²) in [6.45, 7) is 5.00. The quantitative estimate of drug-likeness (QED) is 0.427. The summed E-state index contributed by atoms with van der Waals surface area (Å²) in [4.78, 5) is 4.63. The lowest BCUT2D eigenvalue weighted by Crippen LogP contribution is -2.03. The van der Waals surface area contributed by atoms with Crippen molar-refractivity contribution in [3.05, 3.63) is 83.4 Å². The Hall–Kier alpha value is -2.85. The van der Waals surface area contributed by atoms with Gasteiger partial charge in [-0.05, 0) is 67.4 Å². The number of aromatic nitrogens is 2. The SMILES string of the molecule is COc1ccc(Cn2c(C)c(C)c3ccnc(-c4ccc(F)cc4)c32)cc1.Cl. The summed E-state index contributed by atoms with van der Waals surface area (Å²) >= 11 is 0. The van der Waals surface area contributed by atoms with Gasteiger partial charge in [-0.15, -0.1) is 12.4 Å². The Morgan fingerprint density at radius 3 is 2.29 bits per heavy atom. The molecule has 0 fully saturated rings. The lowest BCUT2D eigenvalue weighted by molar-refractivity contribution is 0.414. The van der Waals surface area contributed by atoms with E-state index in [1.165, 1.54) is 34.3 Å². The van der Waals surface area contributed by atoms with Gasteiger partial charge in [-0.2, -0.15) is 0 Å². The van der Waals surface area contributed by atoms with Crippen molar-refractivity contribution < 1.29 is 9.13 Å². The second-order valence-corrected chi connectivity index (χ2v) is 6.71.